The van der Waals surface area contributed by atoms with Gasteiger partial charge in [-0.1, -0.05) is 35.3 Å². The highest BCUT2D eigenvalue weighted by atomic mass is 35.5. The Balaban J connectivity index is 1.39. The third-order valence-electron chi connectivity index (χ3n) is 7.67. The van der Waals surface area contributed by atoms with Crippen LogP contribution in [0.15, 0.2) is 41.3 Å². The third kappa shape index (κ3) is 5.68. The standard InChI is InChI=1S/C28H32Cl2N6O4S/c1-17-15-18(2)33-26-19(17)5-3-7-23(26)40-16-20-21(29)8-9-24(25(20)30)41(38,39)36-10-4-6-22(36)27(37)34-11-13-35(14-12-34)28(31)32/h3,5,7-9,15,22H,4,6,10-14,16H2,1-2H3,(H3,31,32)/t22-/m0/s1. The fourth-order valence-electron chi connectivity index (χ4n) is 5.51. The summed E-state index contributed by atoms with van der Waals surface area (Å²) in [6.07, 6.45) is 0.968. The van der Waals surface area contributed by atoms with Crippen molar-refractivity contribution in [2.45, 2.75) is 44.2 Å². The topological polar surface area (TPSA) is 133 Å². The monoisotopic (exact) mass is 618 g/mol. The summed E-state index contributed by atoms with van der Waals surface area (Å²) in [6, 6.07) is 9.67. The summed E-state index contributed by atoms with van der Waals surface area (Å²) in [5.74, 6) is 0.239. The summed E-state index contributed by atoms with van der Waals surface area (Å²) < 4.78 is 35.2. The number of sulfonamides is 1. The average Bonchev–Trinajstić information content (AvgIpc) is 3.44. The van der Waals surface area contributed by atoms with Gasteiger partial charge in [0.1, 0.15) is 28.8 Å². The number of nitrogens with two attached hydrogens (primary N) is 1. The Bertz CT molecular complexity index is 1630. The van der Waals surface area contributed by atoms with Gasteiger partial charge >= 0.3 is 0 Å². The van der Waals surface area contributed by atoms with Crippen molar-refractivity contribution < 1.29 is 17.9 Å². The number of ether oxygens (including phenoxy) is 1. The van der Waals surface area contributed by atoms with E-state index in [0.29, 0.717) is 55.9 Å². The minimum atomic E-state index is -4.13. The maximum atomic E-state index is 13.9. The lowest BCUT2D eigenvalue weighted by atomic mass is 10.1. The van der Waals surface area contributed by atoms with Crippen molar-refractivity contribution in [2.24, 2.45) is 5.73 Å². The maximum Gasteiger partial charge on any atom is 0.245 e. The van der Waals surface area contributed by atoms with Crippen LogP contribution in [0.5, 0.6) is 5.75 Å². The number of hydrogen-bond donors (Lipinski definition) is 2. The van der Waals surface area contributed by atoms with Gasteiger partial charge < -0.3 is 20.3 Å². The molecule has 2 fully saturated rings. The predicted octanol–water partition coefficient (Wildman–Crippen LogP) is 3.93. The number of carbonyl (C=O) groups is 1. The molecule has 10 nitrogen and oxygen atoms in total. The minimum Gasteiger partial charge on any atom is -0.487 e. The second-order valence-electron chi connectivity index (χ2n) is 10.3. The number of amides is 1. The van der Waals surface area contributed by atoms with Crippen molar-refractivity contribution in [3.8, 4) is 5.75 Å². The van der Waals surface area contributed by atoms with Crippen molar-refractivity contribution in [3.05, 3.63) is 63.3 Å². The largest absolute Gasteiger partial charge is 0.487 e. The van der Waals surface area contributed by atoms with Gasteiger partial charge in [-0.2, -0.15) is 4.31 Å². The van der Waals surface area contributed by atoms with Gasteiger partial charge in [-0.05, 0) is 56.5 Å². The molecule has 1 atom stereocenters. The van der Waals surface area contributed by atoms with Crippen LogP contribution in [0.25, 0.3) is 10.9 Å². The Morgan fingerprint density at radius 3 is 2.51 bits per heavy atom. The molecule has 3 heterocycles. The predicted molar refractivity (Wildman–Crippen MR) is 159 cm³/mol. The first-order valence-corrected chi connectivity index (χ1v) is 15.5. The van der Waals surface area contributed by atoms with E-state index < -0.39 is 16.1 Å². The lowest BCUT2D eigenvalue weighted by Gasteiger charge is -2.37. The first-order valence-electron chi connectivity index (χ1n) is 13.3. The molecule has 218 valence electrons. The van der Waals surface area contributed by atoms with Gasteiger partial charge in [0.2, 0.25) is 15.9 Å². The number of rotatable bonds is 6. The van der Waals surface area contributed by atoms with Crippen molar-refractivity contribution in [1.82, 2.24) is 19.1 Å². The Morgan fingerprint density at radius 2 is 1.80 bits per heavy atom. The molecule has 0 saturated carbocycles. The molecule has 1 aromatic heterocycles. The van der Waals surface area contributed by atoms with Crippen LogP contribution in [0.4, 0.5) is 0 Å². The highest BCUT2D eigenvalue weighted by Crippen LogP contribution is 2.37. The molecule has 0 spiro atoms. The number of fused-ring (bicyclic) bond motifs is 1. The van der Waals surface area contributed by atoms with Crippen LogP contribution in [0.3, 0.4) is 0 Å². The molecule has 3 aromatic rings. The molecular weight excluding hydrogens is 587 g/mol. The van der Waals surface area contributed by atoms with E-state index in [1.54, 1.807) is 15.9 Å². The zero-order valence-corrected chi connectivity index (χ0v) is 25.2. The SMILES string of the molecule is Cc1cc(C)c2cccc(OCc3c(Cl)ccc(S(=O)(=O)N4CCC[C@H]4C(=O)N4CCN(C(=N)N)CC4)c3Cl)c2n1. The van der Waals surface area contributed by atoms with E-state index >= 15 is 0 Å². The van der Waals surface area contributed by atoms with Crippen LogP contribution in [-0.4, -0.2) is 78.1 Å². The zero-order chi connectivity index (χ0) is 29.5. The van der Waals surface area contributed by atoms with Gasteiger partial charge in [0.15, 0.2) is 5.96 Å². The van der Waals surface area contributed by atoms with Crippen LogP contribution >= 0.6 is 23.2 Å². The van der Waals surface area contributed by atoms with Crippen molar-refractivity contribution in [2.75, 3.05) is 32.7 Å². The Morgan fingerprint density at radius 1 is 1.10 bits per heavy atom. The van der Waals surface area contributed by atoms with Crippen LogP contribution in [0, 0.1) is 19.3 Å². The average molecular weight is 620 g/mol. The Hall–Kier alpha value is -3.12. The number of pyridine rings is 1. The molecule has 0 unspecified atom stereocenters. The van der Waals surface area contributed by atoms with Crippen LogP contribution in [0.2, 0.25) is 10.0 Å². The van der Waals surface area contributed by atoms with Gasteiger partial charge in [-0.15, -0.1) is 0 Å². The van der Waals surface area contributed by atoms with Gasteiger partial charge in [-0.25, -0.2) is 13.4 Å². The number of hydrogen-bond acceptors (Lipinski definition) is 6. The van der Waals surface area contributed by atoms with Crippen molar-refractivity contribution in [1.29, 1.82) is 5.41 Å². The summed E-state index contributed by atoms with van der Waals surface area (Å²) in [4.78, 5) is 21.3. The van der Waals surface area contributed by atoms with E-state index in [1.165, 1.54) is 16.4 Å². The Kier molecular flexibility index (Phi) is 8.34. The summed E-state index contributed by atoms with van der Waals surface area (Å²) in [5, 5.41) is 8.79. The first-order chi connectivity index (χ1) is 19.5. The van der Waals surface area contributed by atoms with Crippen LogP contribution < -0.4 is 10.5 Å². The number of nitrogens with one attached hydrogen (secondary N) is 1. The van der Waals surface area contributed by atoms with E-state index in [0.717, 1.165) is 16.6 Å². The molecule has 1 amide bonds. The first kappa shape index (κ1) is 29.4. The molecule has 13 heteroatoms. The number of piperazine rings is 1. The van der Waals surface area contributed by atoms with E-state index in [9.17, 15) is 13.2 Å². The van der Waals surface area contributed by atoms with Gasteiger partial charge in [0.05, 0.1) is 5.02 Å². The molecule has 2 saturated heterocycles. The molecule has 0 bridgehead atoms. The van der Waals surface area contributed by atoms with Crippen molar-refractivity contribution in [3.63, 3.8) is 0 Å². The van der Waals surface area contributed by atoms with E-state index in [1.807, 2.05) is 32.0 Å². The normalized spacial score (nSPS) is 18.2. The van der Waals surface area contributed by atoms with E-state index in [4.69, 9.17) is 39.1 Å². The van der Waals surface area contributed by atoms with Crippen LogP contribution in [0.1, 0.15) is 29.7 Å². The number of para-hydroxylation sites is 1. The fraction of sp³-hybridized carbons (Fsp3) is 0.393. The van der Waals surface area contributed by atoms with Gasteiger partial charge in [0, 0.05) is 54.4 Å². The molecule has 0 aliphatic carbocycles. The summed E-state index contributed by atoms with van der Waals surface area (Å²) >= 11 is 13.2. The van der Waals surface area contributed by atoms with E-state index in [-0.39, 0.29) is 40.0 Å². The molecule has 0 radical (unpaired) electrons. The maximum absolute atomic E-state index is 13.9. The number of benzene rings is 2. The highest BCUT2D eigenvalue weighted by molar-refractivity contribution is 7.89. The number of carbonyl (C=O) groups excluding carboxylic acids is 1. The molecular formula is C28H32Cl2N6O4S. The second kappa shape index (κ2) is 11.6. The number of halogens is 2. The molecule has 41 heavy (non-hydrogen) atoms. The number of aryl methyl sites for hydroxylation is 2. The molecule has 5 rings (SSSR count). The molecule has 2 aliphatic rings. The number of nitrogens with zero attached hydrogens (tertiary/aromatic N) is 4. The molecule has 2 aromatic carbocycles. The Labute approximate surface area is 249 Å². The summed E-state index contributed by atoms with van der Waals surface area (Å²) in [6.45, 7) is 5.65. The lowest BCUT2D eigenvalue weighted by Crippen LogP contribution is -2.56. The zero-order valence-electron chi connectivity index (χ0n) is 22.9. The second-order valence-corrected chi connectivity index (χ2v) is 13.0. The number of guanidine groups is 1. The smallest absolute Gasteiger partial charge is 0.245 e. The quantitative estimate of drug-likeness (QED) is 0.316. The highest BCUT2D eigenvalue weighted by Gasteiger charge is 2.42. The fourth-order valence-corrected chi connectivity index (χ4v) is 8.02. The van der Waals surface area contributed by atoms with Crippen LogP contribution in [-0.2, 0) is 21.4 Å². The lowest BCUT2D eigenvalue weighted by molar-refractivity contribution is -0.135. The third-order valence-corrected chi connectivity index (χ3v) is 10.5. The van der Waals surface area contributed by atoms with Gasteiger partial charge in [-0.3, -0.25) is 10.2 Å². The van der Waals surface area contributed by atoms with E-state index in [2.05, 4.69) is 4.98 Å². The minimum absolute atomic E-state index is 0.0359. The summed E-state index contributed by atoms with van der Waals surface area (Å²) in [7, 11) is -4.13. The molecule has 2 aliphatic heterocycles. The molecule has 3 N–H and O–H groups in total. The van der Waals surface area contributed by atoms with Gasteiger partial charge in [0.25, 0.3) is 0 Å². The summed E-state index contributed by atoms with van der Waals surface area (Å²) in [5.41, 5.74) is 8.52. The number of aromatic nitrogens is 1. The van der Waals surface area contributed by atoms with Crippen molar-refractivity contribution >= 4 is 56.0 Å².